The van der Waals surface area contributed by atoms with Gasteiger partial charge in [-0.2, -0.15) is 0 Å². The fourth-order valence-electron chi connectivity index (χ4n) is 5.47. The highest BCUT2D eigenvalue weighted by molar-refractivity contribution is 8.00. The second kappa shape index (κ2) is 16.9. The van der Waals surface area contributed by atoms with Crippen LogP contribution >= 0.6 is 11.8 Å². The van der Waals surface area contributed by atoms with Crippen LogP contribution in [0.25, 0.3) is 0 Å². The average Bonchev–Trinajstić information content (AvgIpc) is 3.09. The molecule has 0 aliphatic carbocycles. The van der Waals surface area contributed by atoms with Gasteiger partial charge in [-0.05, 0) is 16.7 Å². The smallest absolute Gasteiger partial charge is 0.187 e. The first-order valence-electron chi connectivity index (χ1n) is 14.9. The summed E-state index contributed by atoms with van der Waals surface area (Å²) in [7, 11) is 0. The van der Waals surface area contributed by atoms with Gasteiger partial charge in [-0.25, -0.2) is 0 Å². The summed E-state index contributed by atoms with van der Waals surface area (Å²) in [5, 5.41) is 84.5. The SMILES string of the molecule is OC[C@@H](O)[C@@H](O[C@@H]1O[C@H](CO)[C@H](O)[C@H](O)[C@H]1O)[C@H](O)[C@@H](O)CNCCSC(c1ccccc1)(c1ccccc1)c1ccccc1. The molecule has 9 atom stereocenters. The van der Waals surface area contributed by atoms with Gasteiger partial charge in [0.05, 0.1) is 24.1 Å². The zero-order valence-electron chi connectivity index (χ0n) is 24.7. The summed E-state index contributed by atoms with van der Waals surface area (Å²) in [5.41, 5.74) is 3.32. The van der Waals surface area contributed by atoms with Crippen molar-refractivity contribution in [3.8, 4) is 0 Å². The Bertz CT molecular complexity index is 1160. The van der Waals surface area contributed by atoms with Crippen molar-refractivity contribution in [1.29, 1.82) is 0 Å². The van der Waals surface area contributed by atoms with Crippen LogP contribution in [0, 0.1) is 0 Å². The van der Waals surface area contributed by atoms with E-state index in [1.165, 1.54) is 0 Å². The lowest BCUT2D eigenvalue weighted by Crippen LogP contribution is -2.61. The Kier molecular flexibility index (Phi) is 13.3. The summed E-state index contributed by atoms with van der Waals surface area (Å²) in [6.45, 7) is -1.23. The van der Waals surface area contributed by atoms with Gasteiger partial charge in [0.2, 0.25) is 0 Å². The van der Waals surface area contributed by atoms with Crippen LogP contribution in [0.3, 0.4) is 0 Å². The van der Waals surface area contributed by atoms with E-state index in [0.717, 1.165) is 16.7 Å². The Morgan fingerprint density at radius 1 is 0.733 bits per heavy atom. The fourth-order valence-corrected chi connectivity index (χ4v) is 6.93. The van der Waals surface area contributed by atoms with Crippen molar-refractivity contribution in [3.63, 3.8) is 0 Å². The molecule has 45 heavy (non-hydrogen) atoms. The van der Waals surface area contributed by atoms with Crippen molar-refractivity contribution in [2.24, 2.45) is 0 Å². The molecule has 1 heterocycles. The van der Waals surface area contributed by atoms with Gasteiger partial charge >= 0.3 is 0 Å². The quantitative estimate of drug-likeness (QED) is 0.0722. The molecule has 0 saturated carbocycles. The topological polar surface area (TPSA) is 192 Å². The zero-order chi connectivity index (χ0) is 32.4. The number of hydrogen-bond acceptors (Lipinski definition) is 12. The van der Waals surface area contributed by atoms with Crippen molar-refractivity contribution in [1.82, 2.24) is 5.32 Å². The minimum atomic E-state index is -1.80. The second-order valence-corrected chi connectivity index (χ2v) is 12.2. The van der Waals surface area contributed by atoms with Crippen molar-refractivity contribution in [2.75, 3.05) is 32.1 Å². The van der Waals surface area contributed by atoms with E-state index in [2.05, 4.69) is 41.7 Å². The molecule has 0 amide bonds. The van der Waals surface area contributed by atoms with E-state index in [0.29, 0.717) is 12.3 Å². The second-order valence-electron chi connectivity index (χ2n) is 10.9. The van der Waals surface area contributed by atoms with Crippen molar-refractivity contribution >= 4 is 11.8 Å². The van der Waals surface area contributed by atoms with Crippen molar-refractivity contribution in [3.05, 3.63) is 108 Å². The monoisotopic (exact) mass is 645 g/mol. The molecule has 0 spiro atoms. The average molecular weight is 646 g/mol. The van der Waals surface area contributed by atoms with Gasteiger partial charge in [0.25, 0.3) is 0 Å². The molecule has 0 unspecified atom stereocenters. The molecule has 1 fully saturated rings. The first-order chi connectivity index (χ1) is 21.7. The van der Waals surface area contributed by atoms with Gasteiger partial charge in [0.15, 0.2) is 6.29 Å². The summed E-state index contributed by atoms with van der Waals surface area (Å²) >= 11 is 1.72. The van der Waals surface area contributed by atoms with E-state index >= 15 is 0 Å². The Balaban J connectivity index is 1.42. The van der Waals surface area contributed by atoms with E-state index in [1.54, 1.807) is 11.8 Å². The third-order valence-corrected chi connectivity index (χ3v) is 9.48. The summed E-state index contributed by atoms with van der Waals surface area (Å²) in [5.74, 6) is 0.603. The van der Waals surface area contributed by atoms with Crippen LogP contribution in [0.15, 0.2) is 91.0 Å². The molecule has 3 aromatic carbocycles. The van der Waals surface area contributed by atoms with E-state index < -0.39 is 73.1 Å². The Hall–Kier alpha value is -2.43. The molecule has 246 valence electrons. The Morgan fingerprint density at radius 2 is 1.24 bits per heavy atom. The maximum atomic E-state index is 10.9. The van der Waals surface area contributed by atoms with Crippen molar-refractivity contribution < 1.29 is 50.3 Å². The zero-order valence-corrected chi connectivity index (χ0v) is 25.5. The van der Waals surface area contributed by atoms with Crippen LogP contribution < -0.4 is 5.32 Å². The summed E-state index contributed by atoms with van der Waals surface area (Å²) in [6, 6.07) is 30.6. The molecule has 0 radical (unpaired) electrons. The molecule has 0 aromatic heterocycles. The highest BCUT2D eigenvalue weighted by atomic mass is 32.2. The summed E-state index contributed by atoms with van der Waals surface area (Å²) < 4.78 is 10.3. The standard InChI is InChI=1S/C33H43NO10S/c35-19-25(38)31(44-32-30(42)29(41)28(40)26(20-36)43-32)27(39)24(37)18-34-16-17-45-33(21-10-4-1-5-11-21,22-12-6-2-7-13-22)23-14-8-3-9-15-23/h1-15,24-32,34-42H,16-20H2/t24-,25+,26+,27+,28-,29-,30+,31+,32-/m0/s1. The predicted molar refractivity (Wildman–Crippen MR) is 168 cm³/mol. The minimum Gasteiger partial charge on any atom is -0.394 e. The van der Waals surface area contributed by atoms with E-state index in [4.69, 9.17) is 9.47 Å². The molecular weight excluding hydrogens is 602 g/mol. The van der Waals surface area contributed by atoms with Crippen molar-refractivity contribution in [2.45, 2.75) is 59.9 Å². The first-order valence-corrected chi connectivity index (χ1v) is 15.9. The molecule has 9 N–H and O–H groups in total. The minimum absolute atomic E-state index is 0.108. The lowest BCUT2D eigenvalue weighted by atomic mass is 9.84. The third-order valence-electron chi connectivity index (χ3n) is 7.93. The summed E-state index contributed by atoms with van der Waals surface area (Å²) in [4.78, 5) is 0. The highest BCUT2D eigenvalue weighted by Crippen LogP contribution is 2.48. The Morgan fingerprint density at radius 3 is 1.71 bits per heavy atom. The molecule has 1 saturated heterocycles. The molecule has 1 aliphatic heterocycles. The maximum Gasteiger partial charge on any atom is 0.187 e. The molecule has 3 aromatic rings. The normalized spacial score (nSPS) is 24.9. The molecule has 0 bridgehead atoms. The van der Waals surface area contributed by atoms with E-state index in [-0.39, 0.29) is 6.54 Å². The molecule has 1 aliphatic rings. The Labute approximate surface area is 266 Å². The van der Waals surface area contributed by atoms with Crippen LogP contribution in [0.2, 0.25) is 0 Å². The van der Waals surface area contributed by atoms with Gasteiger partial charge in [-0.15, -0.1) is 11.8 Å². The number of nitrogens with one attached hydrogen (secondary N) is 1. The number of benzene rings is 3. The summed E-state index contributed by atoms with van der Waals surface area (Å²) in [6.07, 6.45) is -14.7. The lowest BCUT2D eigenvalue weighted by Gasteiger charge is -2.42. The number of thioether (sulfide) groups is 1. The number of aliphatic hydroxyl groups is 8. The van der Waals surface area contributed by atoms with Crippen LogP contribution in [-0.2, 0) is 14.2 Å². The van der Waals surface area contributed by atoms with Crippen LogP contribution in [0.1, 0.15) is 16.7 Å². The van der Waals surface area contributed by atoms with Gasteiger partial charge in [-0.1, -0.05) is 91.0 Å². The number of hydrogen-bond donors (Lipinski definition) is 9. The van der Waals surface area contributed by atoms with Gasteiger partial charge in [0, 0.05) is 18.8 Å². The van der Waals surface area contributed by atoms with E-state index in [1.807, 2.05) is 54.6 Å². The van der Waals surface area contributed by atoms with Gasteiger partial charge in [-0.3, -0.25) is 0 Å². The highest BCUT2D eigenvalue weighted by Gasteiger charge is 2.47. The molecule has 4 rings (SSSR count). The van der Waals surface area contributed by atoms with Gasteiger partial charge in [0.1, 0.15) is 42.7 Å². The number of aliphatic hydroxyl groups excluding tert-OH is 8. The molecular formula is C33H43NO10S. The van der Waals surface area contributed by atoms with Crippen LogP contribution in [0.4, 0.5) is 0 Å². The first kappa shape index (κ1) is 35.4. The third kappa shape index (κ3) is 8.30. The number of ether oxygens (including phenoxy) is 2. The van der Waals surface area contributed by atoms with Crippen LogP contribution in [0.5, 0.6) is 0 Å². The molecule has 11 nitrogen and oxygen atoms in total. The predicted octanol–water partition coefficient (Wildman–Crippen LogP) is -0.439. The number of rotatable bonds is 16. The lowest BCUT2D eigenvalue weighted by molar-refractivity contribution is -0.327. The largest absolute Gasteiger partial charge is 0.394 e. The van der Waals surface area contributed by atoms with Crippen LogP contribution in [-0.4, -0.2) is 128 Å². The molecule has 12 heteroatoms. The van der Waals surface area contributed by atoms with Gasteiger partial charge < -0.3 is 55.6 Å². The maximum absolute atomic E-state index is 10.9. The fraction of sp³-hybridized carbons (Fsp3) is 0.455. The van der Waals surface area contributed by atoms with E-state index in [9.17, 15) is 40.9 Å².